The maximum atomic E-state index is 12.7. The third-order valence-electron chi connectivity index (χ3n) is 4.41. The molecule has 1 aromatic heterocycles. The largest absolute Gasteiger partial charge is 0.480 e. The van der Waals surface area contributed by atoms with Crippen LogP contribution in [0.4, 0.5) is 0 Å². The molecule has 1 N–H and O–H groups in total. The van der Waals surface area contributed by atoms with Gasteiger partial charge in [-0.2, -0.15) is 0 Å². The fourth-order valence-corrected chi connectivity index (χ4v) is 4.14. The summed E-state index contributed by atoms with van der Waals surface area (Å²) >= 11 is 7.41. The van der Waals surface area contributed by atoms with Gasteiger partial charge in [0.05, 0.1) is 16.8 Å². The van der Waals surface area contributed by atoms with E-state index in [1.165, 1.54) is 11.3 Å². The minimum atomic E-state index is -0.812. The molecule has 23 heavy (non-hydrogen) atoms. The zero-order valence-corrected chi connectivity index (χ0v) is 15.1. The van der Waals surface area contributed by atoms with Gasteiger partial charge in [0.2, 0.25) is 5.91 Å². The van der Waals surface area contributed by atoms with Crippen molar-refractivity contribution in [3.05, 3.63) is 21.3 Å². The Morgan fingerprint density at radius 2 is 2.17 bits per heavy atom. The van der Waals surface area contributed by atoms with Crippen molar-refractivity contribution in [3.63, 3.8) is 0 Å². The fraction of sp³-hybridized carbons (Fsp3) is 0.625. The molecule has 0 aliphatic carbocycles. The second-order valence-corrected chi connectivity index (χ2v) is 7.83. The molecule has 5 nitrogen and oxygen atoms in total. The first-order valence-electron chi connectivity index (χ1n) is 7.84. The Morgan fingerprint density at radius 1 is 1.43 bits per heavy atom. The highest BCUT2D eigenvalue weighted by Gasteiger charge is 2.27. The van der Waals surface area contributed by atoms with Gasteiger partial charge in [-0.3, -0.25) is 14.5 Å². The van der Waals surface area contributed by atoms with E-state index in [4.69, 9.17) is 16.7 Å². The molecular formula is C16H23ClN2O3S. The number of carboxylic acids is 1. The third kappa shape index (κ3) is 4.93. The molecule has 2 atom stereocenters. The average molecular weight is 359 g/mol. The molecule has 0 aromatic carbocycles. The fourth-order valence-electron chi connectivity index (χ4n) is 3.04. The molecule has 1 amide bonds. The van der Waals surface area contributed by atoms with Crippen LogP contribution in [0.5, 0.6) is 0 Å². The van der Waals surface area contributed by atoms with Gasteiger partial charge in [-0.15, -0.1) is 11.3 Å². The number of amides is 1. The maximum Gasteiger partial charge on any atom is 0.317 e. The molecule has 1 fully saturated rings. The van der Waals surface area contributed by atoms with E-state index in [-0.39, 0.29) is 24.4 Å². The number of halogens is 1. The lowest BCUT2D eigenvalue weighted by Gasteiger charge is -2.26. The number of carbonyl (C=O) groups excluding carboxylic acids is 1. The summed E-state index contributed by atoms with van der Waals surface area (Å²) in [6, 6.07) is 3.96. The first kappa shape index (κ1) is 18.2. The molecule has 0 radical (unpaired) electrons. The first-order valence-corrected chi connectivity index (χ1v) is 9.04. The van der Waals surface area contributed by atoms with Crippen molar-refractivity contribution in [2.45, 2.75) is 38.1 Å². The summed E-state index contributed by atoms with van der Waals surface area (Å²) in [6.07, 6.45) is 2.64. The van der Waals surface area contributed by atoms with E-state index in [0.29, 0.717) is 10.9 Å². The summed E-state index contributed by atoms with van der Waals surface area (Å²) in [4.78, 5) is 28.3. The van der Waals surface area contributed by atoms with Crippen molar-refractivity contribution in [2.75, 3.05) is 26.7 Å². The molecule has 7 heteroatoms. The number of hydrogen-bond acceptors (Lipinski definition) is 4. The Kier molecular flexibility index (Phi) is 6.44. The lowest BCUT2D eigenvalue weighted by atomic mass is 10.1. The predicted octanol–water partition coefficient (Wildman–Crippen LogP) is 2.90. The summed E-state index contributed by atoms with van der Waals surface area (Å²) in [5, 5.41) is 8.91. The van der Waals surface area contributed by atoms with Crippen LogP contribution in [0.2, 0.25) is 4.34 Å². The van der Waals surface area contributed by atoms with E-state index in [0.717, 1.165) is 30.7 Å². The first-order chi connectivity index (χ1) is 10.9. The molecule has 0 spiro atoms. The van der Waals surface area contributed by atoms with Gasteiger partial charge in [0.15, 0.2) is 0 Å². The second-order valence-electron chi connectivity index (χ2n) is 6.08. The van der Waals surface area contributed by atoms with Crippen LogP contribution in [0.15, 0.2) is 12.1 Å². The quantitative estimate of drug-likeness (QED) is 0.879. The van der Waals surface area contributed by atoms with E-state index in [2.05, 4.69) is 0 Å². The van der Waals surface area contributed by atoms with Crippen LogP contribution < -0.4 is 0 Å². The molecule has 1 saturated heterocycles. The monoisotopic (exact) mass is 358 g/mol. The number of rotatable bonds is 5. The van der Waals surface area contributed by atoms with Crippen LogP contribution in [-0.2, 0) is 9.59 Å². The summed E-state index contributed by atoms with van der Waals surface area (Å²) in [5.74, 6) is -0.862. The van der Waals surface area contributed by atoms with Crippen LogP contribution in [-0.4, -0.2) is 59.5 Å². The average Bonchev–Trinajstić information content (AvgIpc) is 2.78. The molecule has 0 bridgehead atoms. The highest BCUT2D eigenvalue weighted by atomic mass is 35.5. The van der Waals surface area contributed by atoms with Crippen molar-refractivity contribution in [1.29, 1.82) is 0 Å². The maximum absolute atomic E-state index is 12.7. The molecular weight excluding hydrogens is 336 g/mol. The number of hydrogen-bond donors (Lipinski definition) is 1. The van der Waals surface area contributed by atoms with Gasteiger partial charge in [-0.1, -0.05) is 11.6 Å². The van der Waals surface area contributed by atoms with E-state index in [9.17, 15) is 9.59 Å². The predicted molar refractivity (Wildman–Crippen MR) is 92.2 cm³/mol. The van der Waals surface area contributed by atoms with Crippen molar-refractivity contribution in [2.24, 2.45) is 0 Å². The van der Waals surface area contributed by atoms with Gasteiger partial charge in [0.25, 0.3) is 0 Å². The number of carbonyl (C=O) groups is 2. The molecule has 2 heterocycles. The van der Waals surface area contributed by atoms with E-state index in [1.807, 2.05) is 35.9 Å². The molecule has 1 aliphatic heterocycles. The van der Waals surface area contributed by atoms with E-state index in [1.54, 1.807) is 0 Å². The number of likely N-dealkylation sites (N-methyl/N-ethyl adjacent to an activating group) is 1. The molecule has 128 valence electrons. The Bertz CT molecular complexity index is 563. The minimum Gasteiger partial charge on any atom is -0.480 e. The van der Waals surface area contributed by atoms with Gasteiger partial charge in [0, 0.05) is 24.0 Å². The van der Waals surface area contributed by atoms with Gasteiger partial charge in [-0.25, -0.2) is 0 Å². The topological polar surface area (TPSA) is 60.9 Å². The highest BCUT2D eigenvalue weighted by Crippen LogP contribution is 2.30. The third-order valence-corrected chi connectivity index (χ3v) is 5.82. The molecule has 2 rings (SSSR count). The second kappa shape index (κ2) is 8.13. The smallest absolute Gasteiger partial charge is 0.317 e. The number of aliphatic carboxylic acids is 1. The minimum absolute atomic E-state index is 0.0444. The van der Waals surface area contributed by atoms with Gasteiger partial charge >= 0.3 is 5.97 Å². The van der Waals surface area contributed by atoms with Crippen LogP contribution in [0.1, 0.15) is 37.0 Å². The molecule has 0 saturated carbocycles. The summed E-state index contributed by atoms with van der Waals surface area (Å²) in [5.41, 5.74) is 0. The molecule has 1 aliphatic rings. The van der Waals surface area contributed by atoms with Crippen LogP contribution in [0, 0.1) is 0 Å². The van der Waals surface area contributed by atoms with Crippen molar-refractivity contribution in [1.82, 2.24) is 9.80 Å². The number of carboxylic acid groups (broad SMARTS) is 1. The summed E-state index contributed by atoms with van der Waals surface area (Å²) < 4.78 is 0.700. The van der Waals surface area contributed by atoms with E-state index >= 15 is 0 Å². The lowest BCUT2D eigenvalue weighted by molar-refractivity contribution is -0.138. The van der Waals surface area contributed by atoms with E-state index < -0.39 is 5.97 Å². The van der Waals surface area contributed by atoms with Crippen LogP contribution in [0.25, 0.3) is 0 Å². The van der Waals surface area contributed by atoms with Crippen molar-refractivity contribution in [3.8, 4) is 0 Å². The Labute approximate surface area is 145 Å². The molecule has 1 aromatic rings. The zero-order chi connectivity index (χ0) is 17.0. The number of thiophene rings is 1. The zero-order valence-electron chi connectivity index (χ0n) is 13.5. The Morgan fingerprint density at radius 3 is 2.78 bits per heavy atom. The highest BCUT2D eigenvalue weighted by molar-refractivity contribution is 7.16. The van der Waals surface area contributed by atoms with Crippen LogP contribution >= 0.6 is 22.9 Å². The standard InChI is InChI=1S/C16H23ClN2O3S/c1-11(13-5-6-14(17)23-13)16(22)19-8-3-4-12(7-9-19)18(2)10-15(20)21/h5-6,11-12H,3-4,7-10H2,1-2H3,(H,20,21). The summed E-state index contributed by atoms with van der Waals surface area (Å²) in [7, 11) is 1.84. The van der Waals surface area contributed by atoms with Gasteiger partial charge in [-0.05, 0) is 45.4 Å². The van der Waals surface area contributed by atoms with Crippen molar-refractivity contribution < 1.29 is 14.7 Å². The number of likely N-dealkylation sites (tertiary alicyclic amines) is 1. The van der Waals surface area contributed by atoms with Crippen molar-refractivity contribution >= 4 is 34.8 Å². The Hall–Kier alpha value is -1.11. The summed E-state index contributed by atoms with van der Waals surface area (Å²) in [6.45, 7) is 3.38. The normalized spacial score (nSPS) is 20.3. The molecule has 2 unspecified atom stereocenters. The van der Waals surface area contributed by atoms with Gasteiger partial charge in [0.1, 0.15) is 0 Å². The van der Waals surface area contributed by atoms with Gasteiger partial charge < -0.3 is 10.0 Å². The van der Waals surface area contributed by atoms with Crippen LogP contribution in [0.3, 0.4) is 0 Å². The SMILES string of the molecule is CC(C(=O)N1CCCC(N(C)CC(=O)O)CC1)c1ccc(Cl)s1. The Balaban J connectivity index is 1.94. The number of nitrogens with zero attached hydrogens (tertiary/aromatic N) is 2. The lowest BCUT2D eigenvalue weighted by Crippen LogP contribution is -2.38.